The molecule has 0 aliphatic rings. The van der Waals surface area contributed by atoms with Crippen molar-refractivity contribution in [3.05, 3.63) is 29.8 Å². The van der Waals surface area contributed by atoms with Crippen molar-refractivity contribution < 1.29 is 14.3 Å². The molecular weight excluding hydrogens is 322 g/mol. The third-order valence-electron chi connectivity index (χ3n) is 2.93. The average molecular weight is 344 g/mol. The van der Waals surface area contributed by atoms with E-state index in [1.54, 1.807) is 14.2 Å². The number of alkyl halides is 1. The molecule has 0 saturated carbocycles. The van der Waals surface area contributed by atoms with Gasteiger partial charge in [0.05, 0.1) is 13.7 Å². The molecule has 0 fully saturated rings. The number of aryl methyl sites for hydroxylation is 1. The standard InChI is InChI=1S/C15H22BrNO3/c1-19-11-13(16)9-10-17-15(18)8-5-12-3-6-14(20-2)7-4-12/h3-4,6-7,13H,5,8-11H2,1-2H3,(H,17,18). The summed E-state index contributed by atoms with van der Waals surface area (Å²) in [5, 5.41) is 2.92. The second-order valence-corrected chi connectivity index (χ2v) is 5.83. The van der Waals surface area contributed by atoms with E-state index in [9.17, 15) is 4.79 Å². The molecule has 112 valence electrons. The predicted octanol–water partition coefficient (Wildman–Crippen LogP) is 2.54. The van der Waals surface area contributed by atoms with Gasteiger partial charge in [0.2, 0.25) is 5.91 Å². The van der Waals surface area contributed by atoms with Gasteiger partial charge in [0, 0.05) is 24.9 Å². The minimum absolute atomic E-state index is 0.0814. The van der Waals surface area contributed by atoms with Crippen molar-refractivity contribution in [3.63, 3.8) is 0 Å². The first-order valence-electron chi connectivity index (χ1n) is 6.68. The number of rotatable bonds is 9. The van der Waals surface area contributed by atoms with Gasteiger partial charge in [0.1, 0.15) is 5.75 Å². The number of carbonyl (C=O) groups is 1. The van der Waals surface area contributed by atoms with Crippen molar-refractivity contribution >= 4 is 21.8 Å². The molecule has 1 N–H and O–H groups in total. The van der Waals surface area contributed by atoms with Gasteiger partial charge < -0.3 is 14.8 Å². The normalized spacial score (nSPS) is 11.9. The van der Waals surface area contributed by atoms with E-state index >= 15 is 0 Å². The fourth-order valence-electron chi connectivity index (χ4n) is 1.77. The Labute approximate surface area is 129 Å². The zero-order valence-electron chi connectivity index (χ0n) is 12.0. The molecule has 1 unspecified atom stereocenters. The molecule has 1 aromatic carbocycles. The van der Waals surface area contributed by atoms with Crippen LogP contribution in [0.5, 0.6) is 5.75 Å². The maximum atomic E-state index is 11.7. The maximum absolute atomic E-state index is 11.7. The van der Waals surface area contributed by atoms with Crippen LogP contribution in [0.1, 0.15) is 18.4 Å². The lowest BCUT2D eigenvalue weighted by atomic mass is 10.1. The van der Waals surface area contributed by atoms with E-state index in [0.29, 0.717) is 19.6 Å². The van der Waals surface area contributed by atoms with Crippen LogP contribution in [0.2, 0.25) is 0 Å². The first-order chi connectivity index (χ1) is 9.65. The second-order valence-electron chi connectivity index (χ2n) is 4.54. The lowest BCUT2D eigenvalue weighted by Gasteiger charge is -2.09. The Balaban J connectivity index is 2.19. The number of amides is 1. The van der Waals surface area contributed by atoms with Crippen molar-refractivity contribution in [2.45, 2.75) is 24.1 Å². The van der Waals surface area contributed by atoms with E-state index in [-0.39, 0.29) is 10.7 Å². The third-order valence-corrected chi connectivity index (χ3v) is 3.65. The van der Waals surface area contributed by atoms with Gasteiger partial charge in [-0.25, -0.2) is 0 Å². The molecule has 0 aromatic heterocycles. The molecular formula is C15H22BrNO3. The van der Waals surface area contributed by atoms with Gasteiger partial charge in [-0.15, -0.1) is 0 Å². The number of halogens is 1. The molecule has 0 aliphatic carbocycles. The fraction of sp³-hybridized carbons (Fsp3) is 0.533. The van der Waals surface area contributed by atoms with Gasteiger partial charge in [0.25, 0.3) is 0 Å². The number of benzene rings is 1. The highest BCUT2D eigenvalue weighted by Crippen LogP contribution is 2.12. The summed E-state index contributed by atoms with van der Waals surface area (Å²) in [6, 6.07) is 7.79. The van der Waals surface area contributed by atoms with E-state index in [1.165, 1.54) is 0 Å². The van der Waals surface area contributed by atoms with Crippen LogP contribution in [0.15, 0.2) is 24.3 Å². The Bertz CT molecular complexity index is 395. The lowest BCUT2D eigenvalue weighted by Crippen LogP contribution is -2.27. The molecule has 0 saturated heterocycles. The quantitative estimate of drug-likeness (QED) is 0.701. The minimum atomic E-state index is 0.0814. The Kier molecular flexibility index (Phi) is 8.30. The minimum Gasteiger partial charge on any atom is -0.497 e. The lowest BCUT2D eigenvalue weighted by molar-refractivity contribution is -0.121. The zero-order valence-corrected chi connectivity index (χ0v) is 13.6. The van der Waals surface area contributed by atoms with Crippen LogP contribution in [0.3, 0.4) is 0 Å². The molecule has 5 heteroatoms. The largest absolute Gasteiger partial charge is 0.497 e. The summed E-state index contributed by atoms with van der Waals surface area (Å²) >= 11 is 3.49. The van der Waals surface area contributed by atoms with Crippen molar-refractivity contribution in [2.75, 3.05) is 27.4 Å². The van der Waals surface area contributed by atoms with Gasteiger partial charge in [-0.2, -0.15) is 0 Å². The molecule has 1 rings (SSSR count). The van der Waals surface area contributed by atoms with Crippen LogP contribution >= 0.6 is 15.9 Å². The van der Waals surface area contributed by atoms with E-state index in [2.05, 4.69) is 21.2 Å². The summed E-state index contributed by atoms with van der Waals surface area (Å²) in [5.74, 6) is 0.914. The highest BCUT2D eigenvalue weighted by Gasteiger charge is 2.05. The summed E-state index contributed by atoms with van der Waals surface area (Å²) in [6.07, 6.45) is 2.11. The molecule has 1 atom stereocenters. The molecule has 1 amide bonds. The molecule has 0 radical (unpaired) electrons. The Morgan fingerprint density at radius 2 is 2.00 bits per heavy atom. The molecule has 20 heavy (non-hydrogen) atoms. The molecule has 0 aliphatic heterocycles. The van der Waals surface area contributed by atoms with E-state index in [1.807, 2.05) is 24.3 Å². The van der Waals surface area contributed by atoms with Gasteiger partial charge in [-0.3, -0.25) is 4.79 Å². The van der Waals surface area contributed by atoms with Crippen LogP contribution in [-0.4, -0.2) is 38.1 Å². The summed E-state index contributed by atoms with van der Waals surface area (Å²) in [4.78, 5) is 12.0. The summed E-state index contributed by atoms with van der Waals surface area (Å²) < 4.78 is 10.1. The number of ether oxygens (including phenoxy) is 2. The van der Waals surface area contributed by atoms with Crippen molar-refractivity contribution in [2.24, 2.45) is 0 Å². The fourth-order valence-corrected chi connectivity index (χ4v) is 2.26. The number of carbonyl (C=O) groups excluding carboxylic acids is 1. The van der Waals surface area contributed by atoms with Gasteiger partial charge in [-0.1, -0.05) is 28.1 Å². The Morgan fingerprint density at radius 3 is 2.60 bits per heavy atom. The molecule has 0 heterocycles. The number of nitrogens with one attached hydrogen (secondary N) is 1. The highest BCUT2D eigenvalue weighted by atomic mass is 79.9. The topological polar surface area (TPSA) is 47.6 Å². The molecule has 1 aromatic rings. The molecule has 0 spiro atoms. The van der Waals surface area contributed by atoms with Crippen molar-refractivity contribution in [1.29, 1.82) is 0 Å². The van der Waals surface area contributed by atoms with Crippen LogP contribution in [0.4, 0.5) is 0 Å². The Morgan fingerprint density at radius 1 is 1.30 bits per heavy atom. The predicted molar refractivity (Wildman–Crippen MR) is 83.5 cm³/mol. The zero-order chi connectivity index (χ0) is 14.8. The van der Waals surface area contributed by atoms with Crippen LogP contribution in [0, 0.1) is 0 Å². The highest BCUT2D eigenvalue weighted by molar-refractivity contribution is 9.09. The van der Waals surface area contributed by atoms with Gasteiger partial charge >= 0.3 is 0 Å². The number of hydrogen-bond donors (Lipinski definition) is 1. The summed E-state index contributed by atoms with van der Waals surface area (Å²) in [7, 11) is 3.31. The number of methoxy groups -OCH3 is 2. The van der Waals surface area contributed by atoms with Crippen molar-refractivity contribution in [3.8, 4) is 5.75 Å². The third kappa shape index (κ3) is 6.91. The van der Waals surface area contributed by atoms with Crippen molar-refractivity contribution in [1.82, 2.24) is 5.32 Å². The van der Waals surface area contributed by atoms with Crippen LogP contribution < -0.4 is 10.1 Å². The SMILES string of the molecule is COCC(Br)CCNC(=O)CCc1ccc(OC)cc1. The second kappa shape index (κ2) is 9.77. The number of hydrogen-bond acceptors (Lipinski definition) is 3. The average Bonchev–Trinajstić information content (AvgIpc) is 2.46. The van der Waals surface area contributed by atoms with Crippen LogP contribution in [-0.2, 0) is 16.0 Å². The van der Waals surface area contributed by atoms with Crippen LogP contribution in [0.25, 0.3) is 0 Å². The Hall–Kier alpha value is -1.07. The smallest absolute Gasteiger partial charge is 0.220 e. The molecule has 4 nitrogen and oxygen atoms in total. The first kappa shape index (κ1) is 17.0. The maximum Gasteiger partial charge on any atom is 0.220 e. The van der Waals surface area contributed by atoms with E-state index in [0.717, 1.165) is 24.2 Å². The van der Waals surface area contributed by atoms with E-state index in [4.69, 9.17) is 9.47 Å². The van der Waals surface area contributed by atoms with E-state index < -0.39 is 0 Å². The summed E-state index contributed by atoms with van der Waals surface area (Å²) in [5.41, 5.74) is 1.14. The van der Waals surface area contributed by atoms with Gasteiger partial charge in [0.15, 0.2) is 0 Å². The summed E-state index contributed by atoms with van der Waals surface area (Å²) in [6.45, 7) is 1.32. The monoisotopic (exact) mass is 343 g/mol. The van der Waals surface area contributed by atoms with Gasteiger partial charge in [-0.05, 0) is 30.5 Å². The first-order valence-corrected chi connectivity index (χ1v) is 7.60. The molecule has 0 bridgehead atoms.